The molecule has 22 heavy (non-hydrogen) atoms. The van der Waals surface area contributed by atoms with Crippen LogP contribution in [-0.2, 0) is 0 Å². The first-order chi connectivity index (χ1) is 10.7. The molecule has 0 aromatic heterocycles. The van der Waals surface area contributed by atoms with Crippen LogP contribution in [0.5, 0.6) is 0 Å². The molecule has 5 N–H and O–H groups in total. The minimum Gasteiger partial charge on any atom is -0.397 e. The Morgan fingerprint density at radius 3 is 2.45 bits per heavy atom. The summed E-state index contributed by atoms with van der Waals surface area (Å²) in [5.74, 6) is -0.417. The van der Waals surface area contributed by atoms with Crippen LogP contribution in [0.3, 0.4) is 0 Å². The van der Waals surface area contributed by atoms with Crippen molar-refractivity contribution in [3.63, 3.8) is 0 Å². The molecule has 2 aromatic carbocycles. The number of nitrogens with zero attached hydrogens (tertiary/aromatic N) is 1. The normalized spacial score (nSPS) is 17.4. The highest BCUT2D eigenvalue weighted by Gasteiger charge is 2.25. The van der Waals surface area contributed by atoms with E-state index in [1.807, 2.05) is 36.4 Å². The van der Waals surface area contributed by atoms with Crippen LogP contribution in [0.2, 0.25) is 0 Å². The number of hydrogen-bond donors (Lipinski definition) is 3. The minimum atomic E-state index is -0.417. The maximum atomic E-state index is 11.2. The Bertz CT molecular complexity index is 663. The zero-order valence-corrected chi connectivity index (χ0v) is 12.3. The molecule has 114 valence electrons. The number of amides is 1. The number of hydrogen-bond acceptors (Lipinski definition) is 4. The van der Waals surface area contributed by atoms with Crippen molar-refractivity contribution in [1.29, 1.82) is 0 Å². The third-order valence-electron chi connectivity index (χ3n) is 4.03. The van der Waals surface area contributed by atoms with Crippen molar-refractivity contribution in [2.45, 2.75) is 12.5 Å². The van der Waals surface area contributed by atoms with E-state index in [2.05, 4.69) is 10.2 Å². The highest BCUT2D eigenvalue weighted by atomic mass is 16.1. The number of nitrogens with one attached hydrogen (secondary N) is 1. The topological polar surface area (TPSA) is 84.4 Å². The molecule has 1 aliphatic heterocycles. The molecular formula is C17H20N4O. The van der Waals surface area contributed by atoms with E-state index in [-0.39, 0.29) is 0 Å². The molecule has 1 amide bonds. The molecule has 0 unspecified atom stereocenters. The predicted molar refractivity (Wildman–Crippen MR) is 89.2 cm³/mol. The maximum Gasteiger partial charge on any atom is 0.248 e. The summed E-state index contributed by atoms with van der Waals surface area (Å²) in [4.78, 5) is 13.5. The number of nitrogens with two attached hydrogens (primary N) is 2. The second kappa shape index (κ2) is 6.07. The van der Waals surface area contributed by atoms with Crippen LogP contribution in [0.4, 0.5) is 17.1 Å². The molecule has 0 saturated carbocycles. The van der Waals surface area contributed by atoms with E-state index < -0.39 is 5.91 Å². The van der Waals surface area contributed by atoms with Crippen LogP contribution in [0.1, 0.15) is 16.8 Å². The van der Waals surface area contributed by atoms with E-state index >= 15 is 0 Å². The Hall–Kier alpha value is -2.53. The molecule has 1 fully saturated rings. The van der Waals surface area contributed by atoms with Crippen LogP contribution in [0.15, 0.2) is 48.5 Å². The molecular weight excluding hydrogens is 276 g/mol. The van der Waals surface area contributed by atoms with Crippen molar-refractivity contribution in [2.24, 2.45) is 5.73 Å². The van der Waals surface area contributed by atoms with Crippen molar-refractivity contribution in [1.82, 2.24) is 5.32 Å². The number of anilines is 3. The first kappa shape index (κ1) is 14.4. The molecule has 0 spiro atoms. The molecule has 2 aromatic rings. The number of carbonyl (C=O) groups excluding carboxylic acids is 1. The average Bonchev–Trinajstić information content (AvgIpc) is 3.04. The van der Waals surface area contributed by atoms with Crippen LogP contribution in [0, 0.1) is 0 Å². The monoisotopic (exact) mass is 296 g/mol. The maximum absolute atomic E-state index is 11.2. The van der Waals surface area contributed by atoms with Crippen molar-refractivity contribution < 1.29 is 4.79 Å². The summed E-state index contributed by atoms with van der Waals surface area (Å²) < 4.78 is 0. The number of primary amides is 1. The summed E-state index contributed by atoms with van der Waals surface area (Å²) in [5.41, 5.74) is 14.7. The lowest BCUT2D eigenvalue weighted by Gasteiger charge is -2.32. The van der Waals surface area contributed by atoms with Gasteiger partial charge >= 0.3 is 0 Å². The molecule has 3 rings (SSSR count). The molecule has 5 heteroatoms. The van der Waals surface area contributed by atoms with E-state index in [9.17, 15) is 4.79 Å². The van der Waals surface area contributed by atoms with E-state index in [0.717, 1.165) is 36.6 Å². The molecule has 5 nitrogen and oxygen atoms in total. The molecule has 1 aliphatic rings. The van der Waals surface area contributed by atoms with Gasteiger partial charge in [0, 0.05) is 23.8 Å². The summed E-state index contributed by atoms with van der Waals surface area (Å²) in [6.07, 6.45) is 1.05. The van der Waals surface area contributed by atoms with Crippen molar-refractivity contribution in [3.05, 3.63) is 54.1 Å². The van der Waals surface area contributed by atoms with Crippen LogP contribution < -0.4 is 21.7 Å². The van der Waals surface area contributed by atoms with E-state index in [1.54, 1.807) is 12.1 Å². The van der Waals surface area contributed by atoms with Gasteiger partial charge in [-0.1, -0.05) is 12.1 Å². The van der Waals surface area contributed by atoms with Crippen LogP contribution >= 0.6 is 0 Å². The lowest BCUT2D eigenvalue weighted by atomic mass is 10.1. The van der Waals surface area contributed by atoms with Gasteiger partial charge in [0.1, 0.15) is 0 Å². The quantitative estimate of drug-likeness (QED) is 0.752. The highest BCUT2D eigenvalue weighted by Crippen LogP contribution is 2.34. The molecule has 1 heterocycles. The largest absolute Gasteiger partial charge is 0.397 e. The molecule has 1 atom stereocenters. The Morgan fingerprint density at radius 1 is 1.14 bits per heavy atom. The number of benzene rings is 2. The van der Waals surface area contributed by atoms with Crippen molar-refractivity contribution in [3.8, 4) is 0 Å². The van der Waals surface area contributed by atoms with Gasteiger partial charge in [-0.05, 0) is 49.4 Å². The fraction of sp³-hybridized carbons (Fsp3) is 0.235. The summed E-state index contributed by atoms with van der Waals surface area (Å²) in [6.45, 7) is 1.90. The van der Waals surface area contributed by atoms with E-state index in [0.29, 0.717) is 11.6 Å². The average molecular weight is 296 g/mol. The summed E-state index contributed by atoms with van der Waals surface area (Å²) in [7, 11) is 0. The second-order valence-corrected chi connectivity index (χ2v) is 5.49. The minimum absolute atomic E-state index is 0.337. The van der Waals surface area contributed by atoms with Crippen molar-refractivity contribution >= 4 is 23.0 Å². The van der Waals surface area contributed by atoms with Crippen molar-refractivity contribution in [2.75, 3.05) is 23.7 Å². The molecule has 0 aliphatic carbocycles. The zero-order chi connectivity index (χ0) is 15.5. The smallest absolute Gasteiger partial charge is 0.248 e. The van der Waals surface area contributed by atoms with Gasteiger partial charge in [0.05, 0.1) is 11.4 Å². The number of nitrogen functional groups attached to an aromatic ring is 1. The highest BCUT2D eigenvalue weighted by molar-refractivity contribution is 5.93. The van der Waals surface area contributed by atoms with Gasteiger partial charge in [0.2, 0.25) is 5.91 Å². The third-order valence-corrected chi connectivity index (χ3v) is 4.03. The van der Waals surface area contributed by atoms with Gasteiger partial charge in [-0.25, -0.2) is 0 Å². The van der Waals surface area contributed by atoms with Gasteiger partial charge in [-0.2, -0.15) is 0 Å². The van der Waals surface area contributed by atoms with E-state index in [4.69, 9.17) is 11.5 Å². The van der Waals surface area contributed by atoms with E-state index in [1.165, 1.54) is 0 Å². The Kier molecular flexibility index (Phi) is 3.98. The Balaban J connectivity index is 2.01. The number of para-hydroxylation sites is 2. The zero-order valence-electron chi connectivity index (χ0n) is 12.3. The fourth-order valence-corrected chi connectivity index (χ4v) is 2.90. The van der Waals surface area contributed by atoms with Crippen LogP contribution in [0.25, 0.3) is 0 Å². The molecule has 0 radical (unpaired) electrons. The second-order valence-electron chi connectivity index (χ2n) is 5.49. The Morgan fingerprint density at radius 2 is 1.86 bits per heavy atom. The number of rotatable bonds is 4. The first-order valence-electron chi connectivity index (χ1n) is 7.41. The lowest BCUT2D eigenvalue weighted by Crippen LogP contribution is -2.33. The van der Waals surface area contributed by atoms with Gasteiger partial charge in [0.15, 0.2) is 0 Å². The SMILES string of the molecule is NC(=O)c1ccc(N(c2ccccc2N)[C@H]2CCNC2)cc1. The predicted octanol–water partition coefficient (Wildman–Crippen LogP) is 1.87. The molecule has 0 bridgehead atoms. The third kappa shape index (κ3) is 2.76. The van der Waals surface area contributed by atoms with Gasteiger partial charge in [-0.15, -0.1) is 0 Å². The lowest BCUT2D eigenvalue weighted by molar-refractivity contribution is 0.100. The van der Waals surface area contributed by atoms with Gasteiger partial charge in [-0.3, -0.25) is 4.79 Å². The summed E-state index contributed by atoms with van der Waals surface area (Å²) in [5, 5.41) is 3.38. The van der Waals surface area contributed by atoms with Gasteiger partial charge in [0.25, 0.3) is 0 Å². The Labute approximate surface area is 129 Å². The summed E-state index contributed by atoms with van der Waals surface area (Å²) >= 11 is 0. The van der Waals surface area contributed by atoms with Gasteiger partial charge < -0.3 is 21.7 Å². The van der Waals surface area contributed by atoms with Crippen LogP contribution in [-0.4, -0.2) is 25.0 Å². The number of carbonyl (C=O) groups is 1. The summed E-state index contributed by atoms with van der Waals surface area (Å²) in [6, 6.07) is 15.5. The fourth-order valence-electron chi connectivity index (χ4n) is 2.90. The first-order valence-corrected chi connectivity index (χ1v) is 7.41. The molecule has 1 saturated heterocycles. The standard InChI is InChI=1S/C17H20N4O/c18-15-3-1-2-4-16(15)21(14-9-10-20-11-14)13-7-5-12(6-8-13)17(19)22/h1-8,14,20H,9-11,18H2,(H2,19,22)/t14-/m0/s1.